The number of hydrogen-bond donors (Lipinski definition) is 3. The summed E-state index contributed by atoms with van der Waals surface area (Å²) in [5.74, 6) is -1.12. The third-order valence-corrected chi connectivity index (χ3v) is 6.81. The van der Waals surface area contributed by atoms with Crippen molar-refractivity contribution in [2.24, 2.45) is 0 Å². The maximum Gasteiger partial charge on any atom is 0.333 e. The van der Waals surface area contributed by atoms with Crippen LogP contribution < -0.4 is 21.7 Å². The quantitative estimate of drug-likeness (QED) is 0.249. The number of carbonyl (C=O) groups is 1. The predicted molar refractivity (Wildman–Crippen MR) is 152 cm³/mol. The molecule has 0 radical (unpaired) electrons. The van der Waals surface area contributed by atoms with Gasteiger partial charge in [0.05, 0.1) is 28.8 Å². The number of nitrogens with two attached hydrogens (primary N) is 1. The first-order valence-electron chi connectivity index (χ1n) is 12.7. The number of fused-ring (bicyclic) bond motifs is 1. The predicted octanol–water partition coefficient (Wildman–Crippen LogP) is 4.69. The lowest BCUT2D eigenvalue weighted by Gasteiger charge is -2.12. The number of aromatic amines is 2. The van der Waals surface area contributed by atoms with Gasteiger partial charge in [0.25, 0.3) is 5.56 Å². The lowest BCUT2D eigenvalue weighted by Crippen LogP contribution is -2.30. The molecule has 0 saturated carbocycles. The molecule has 10 nitrogen and oxygen atoms in total. The van der Waals surface area contributed by atoms with Crippen LogP contribution in [0.3, 0.4) is 0 Å². The molecule has 0 amide bonds. The highest BCUT2D eigenvalue weighted by molar-refractivity contribution is 6.12. The van der Waals surface area contributed by atoms with E-state index in [4.69, 9.17) is 10.5 Å². The molecule has 0 spiro atoms. The van der Waals surface area contributed by atoms with Crippen LogP contribution in [0.4, 0.5) is 14.6 Å². The number of carbonyl (C=O) groups excluding carboxylic acids is 1. The largest absolute Gasteiger partial charge is 0.454 e. The van der Waals surface area contributed by atoms with Gasteiger partial charge in [-0.25, -0.2) is 18.3 Å². The van der Waals surface area contributed by atoms with E-state index in [2.05, 4.69) is 15.1 Å². The Morgan fingerprint density at radius 2 is 1.71 bits per heavy atom. The number of anilines is 1. The van der Waals surface area contributed by atoms with E-state index >= 15 is 4.39 Å². The highest BCUT2D eigenvalue weighted by Crippen LogP contribution is 2.30. The Bertz CT molecular complexity index is 2160. The molecule has 0 aliphatic carbocycles. The Balaban J connectivity index is 1.31. The van der Waals surface area contributed by atoms with Crippen molar-refractivity contribution in [1.29, 1.82) is 0 Å². The van der Waals surface area contributed by atoms with E-state index in [-0.39, 0.29) is 34.2 Å². The molecule has 0 unspecified atom stereocenters. The van der Waals surface area contributed by atoms with Crippen molar-refractivity contribution in [3.8, 4) is 22.9 Å². The number of nitrogen functional groups attached to an aromatic ring is 1. The van der Waals surface area contributed by atoms with Crippen molar-refractivity contribution in [3.05, 3.63) is 128 Å². The van der Waals surface area contributed by atoms with E-state index < -0.39 is 28.7 Å². The number of halogens is 2. The standard InChI is InChI=1S/C30H22F2N6O4/c1-15-9-18(42-26-6-4-3-5-20(26)31)7-8-24(15)38-29(33)19(14-34-38)28(40)23-12-17-11-21(32)25(13-22(17)35-23)37-16(2)10-27(39)36-30(37)41/h3-14,35H,33H2,1-2H3,(H,36,39,41). The zero-order valence-electron chi connectivity index (χ0n) is 22.2. The molecule has 4 N–H and O–H groups in total. The molecule has 0 saturated heterocycles. The second-order valence-electron chi connectivity index (χ2n) is 9.65. The molecule has 6 aromatic rings. The molecule has 3 aromatic carbocycles. The molecule has 3 heterocycles. The minimum Gasteiger partial charge on any atom is -0.454 e. The number of H-pyrrole nitrogens is 2. The lowest BCUT2D eigenvalue weighted by atomic mass is 10.1. The molecule has 0 atom stereocenters. The average Bonchev–Trinajstić information content (AvgIpc) is 3.52. The Morgan fingerprint density at radius 3 is 2.45 bits per heavy atom. The van der Waals surface area contributed by atoms with Crippen molar-refractivity contribution in [1.82, 2.24) is 24.3 Å². The SMILES string of the molecule is Cc1cc(Oc2ccccc2F)ccc1-n1ncc(C(=O)c2cc3cc(F)c(-n4c(C)cc(=O)[nH]c4=O)cc3[nH]2)c1N. The summed E-state index contributed by atoms with van der Waals surface area (Å²) in [5, 5.41) is 4.69. The monoisotopic (exact) mass is 568 g/mol. The fourth-order valence-electron chi connectivity index (χ4n) is 4.80. The van der Waals surface area contributed by atoms with Gasteiger partial charge < -0.3 is 15.5 Å². The molecule has 6 rings (SSSR count). The lowest BCUT2D eigenvalue weighted by molar-refractivity contribution is 0.103. The van der Waals surface area contributed by atoms with Crippen molar-refractivity contribution in [3.63, 3.8) is 0 Å². The number of para-hydroxylation sites is 1. The second-order valence-corrected chi connectivity index (χ2v) is 9.65. The van der Waals surface area contributed by atoms with Crippen LogP contribution in [0.1, 0.15) is 27.3 Å². The summed E-state index contributed by atoms with van der Waals surface area (Å²) in [6.07, 6.45) is 1.33. The Kier molecular flexibility index (Phi) is 6.30. The van der Waals surface area contributed by atoms with Crippen molar-refractivity contribution in [2.75, 3.05) is 5.73 Å². The van der Waals surface area contributed by atoms with Crippen LogP contribution >= 0.6 is 0 Å². The van der Waals surface area contributed by atoms with E-state index in [1.807, 2.05) is 0 Å². The van der Waals surface area contributed by atoms with Gasteiger partial charge in [0.2, 0.25) is 5.78 Å². The second kappa shape index (κ2) is 10.0. The summed E-state index contributed by atoms with van der Waals surface area (Å²) in [5.41, 5.74) is 7.03. The molecular formula is C30H22F2N6O4. The van der Waals surface area contributed by atoms with Gasteiger partial charge in [-0.2, -0.15) is 5.10 Å². The zero-order chi connectivity index (χ0) is 29.7. The number of rotatable bonds is 6. The number of ketones is 1. The normalized spacial score (nSPS) is 11.2. The first-order valence-corrected chi connectivity index (χ1v) is 12.7. The van der Waals surface area contributed by atoms with Gasteiger partial charge in [0.1, 0.15) is 17.4 Å². The van der Waals surface area contributed by atoms with E-state index in [1.54, 1.807) is 37.3 Å². The molecule has 0 aliphatic rings. The topological polar surface area (TPSA) is 141 Å². The van der Waals surface area contributed by atoms with Crippen molar-refractivity contribution >= 4 is 22.5 Å². The van der Waals surface area contributed by atoms with Crippen molar-refractivity contribution in [2.45, 2.75) is 13.8 Å². The summed E-state index contributed by atoms with van der Waals surface area (Å²) in [4.78, 5) is 42.5. The molecule has 3 aromatic heterocycles. The Hall–Kier alpha value is -5.78. The van der Waals surface area contributed by atoms with Gasteiger partial charge in [-0.05, 0) is 67.9 Å². The van der Waals surface area contributed by atoms with Gasteiger partial charge >= 0.3 is 5.69 Å². The third-order valence-electron chi connectivity index (χ3n) is 6.81. The third kappa shape index (κ3) is 4.54. The van der Waals surface area contributed by atoms with E-state index in [0.29, 0.717) is 27.9 Å². The number of nitrogens with one attached hydrogen (secondary N) is 2. The number of hydrogen-bond acceptors (Lipinski definition) is 6. The fraction of sp³-hybridized carbons (Fsp3) is 0.0667. The minimum atomic E-state index is -0.789. The van der Waals surface area contributed by atoms with Crippen LogP contribution in [0.5, 0.6) is 11.5 Å². The van der Waals surface area contributed by atoms with Crippen LogP contribution in [0.2, 0.25) is 0 Å². The van der Waals surface area contributed by atoms with Crippen molar-refractivity contribution < 1.29 is 18.3 Å². The molecule has 0 bridgehead atoms. The molecular weight excluding hydrogens is 546 g/mol. The minimum absolute atomic E-state index is 0.0758. The average molecular weight is 569 g/mol. The summed E-state index contributed by atoms with van der Waals surface area (Å²) >= 11 is 0. The van der Waals surface area contributed by atoms with Crippen LogP contribution in [0.15, 0.2) is 82.5 Å². The summed E-state index contributed by atoms with van der Waals surface area (Å²) in [6.45, 7) is 3.31. The fourth-order valence-corrected chi connectivity index (χ4v) is 4.80. The summed E-state index contributed by atoms with van der Waals surface area (Å²) < 4.78 is 37.1. The number of benzene rings is 3. The molecule has 42 heavy (non-hydrogen) atoms. The molecule has 0 fully saturated rings. The van der Waals surface area contributed by atoms with Gasteiger partial charge in [-0.1, -0.05) is 12.1 Å². The smallest absolute Gasteiger partial charge is 0.333 e. The summed E-state index contributed by atoms with van der Waals surface area (Å²) in [7, 11) is 0. The number of aryl methyl sites for hydroxylation is 2. The number of nitrogens with zero attached hydrogens (tertiary/aromatic N) is 3. The van der Waals surface area contributed by atoms with Crippen LogP contribution in [-0.4, -0.2) is 30.1 Å². The van der Waals surface area contributed by atoms with Gasteiger partial charge in [-0.3, -0.25) is 19.1 Å². The molecule has 12 heteroatoms. The van der Waals surface area contributed by atoms with Gasteiger partial charge in [-0.15, -0.1) is 0 Å². The molecule has 210 valence electrons. The highest BCUT2D eigenvalue weighted by atomic mass is 19.1. The highest BCUT2D eigenvalue weighted by Gasteiger charge is 2.22. The van der Waals surface area contributed by atoms with Crippen LogP contribution in [-0.2, 0) is 0 Å². The van der Waals surface area contributed by atoms with E-state index in [9.17, 15) is 18.8 Å². The van der Waals surface area contributed by atoms with Crippen LogP contribution in [0, 0.1) is 25.5 Å². The van der Waals surface area contributed by atoms with Crippen LogP contribution in [0.25, 0.3) is 22.3 Å². The van der Waals surface area contributed by atoms with Gasteiger partial charge in [0.15, 0.2) is 11.6 Å². The first kappa shape index (κ1) is 26.4. The number of aromatic nitrogens is 5. The maximum atomic E-state index is 15.1. The maximum absolute atomic E-state index is 15.1. The Labute approximate surface area is 235 Å². The van der Waals surface area contributed by atoms with E-state index in [0.717, 1.165) is 4.57 Å². The number of ether oxygens (including phenoxy) is 1. The molecule has 0 aliphatic heterocycles. The Morgan fingerprint density at radius 1 is 0.929 bits per heavy atom. The summed E-state index contributed by atoms with van der Waals surface area (Å²) in [6, 6.07) is 16.3. The first-order chi connectivity index (χ1) is 20.1. The van der Waals surface area contributed by atoms with E-state index in [1.165, 1.54) is 54.2 Å². The van der Waals surface area contributed by atoms with Gasteiger partial charge in [0, 0.05) is 22.7 Å². The zero-order valence-corrected chi connectivity index (χ0v) is 22.2.